The van der Waals surface area contributed by atoms with E-state index in [1.54, 1.807) is 41.6 Å². The fourth-order valence-electron chi connectivity index (χ4n) is 4.26. The highest BCUT2D eigenvalue weighted by Gasteiger charge is 2.33. The molecule has 3 heterocycles. The van der Waals surface area contributed by atoms with Crippen molar-refractivity contribution in [2.75, 3.05) is 30.0 Å². The van der Waals surface area contributed by atoms with E-state index in [-0.39, 0.29) is 29.7 Å². The molecule has 0 unspecified atom stereocenters. The van der Waals surface area contributed by atoms with Crippen LogP contribution in [0.1, 0.15) is 49.9 Å². The number of aromatic amines is 1. The van der Waals surface area contributed by atoms with E-state index in [0.717, 1.165) is 25.7 Å². The van der Waals surface area contributed by atoms with Gasteiger partial charge in [0.1, 0.15) is 17.3 Å². The Kier molecular flexibility index (Phi) is 7.83. The highest BCUT2D eigenvalue weighted by molar-refractivity contribution is 6.04. The van der Waals surface area contributed by atoms with E-state index in [1.807, 2.05) is 13.8 Å². The van der Waals surface area contributed by atoms with Crippen molar-refractivity contribution in [1.29, 1.82) is 0 Å². The van der Waals surface area contributed by atoms with Gasteiger partial charge in [0.15, 0.2) is 5.82 Å². The van der Waals surface area contributed by atoms with Crippen LogP contribution in [-0.4, -0.2) is 57.8 Å². The molecule has 1 aromatic carbocycles. The molecule has 1 saturated carbocycles. The van der Waals surface area contributed by atoms with Crippen LogP contribution in [0.25, 0.3) is 0 Å². The number of rotatable bonds is 10. The third kappa shape index (κ3) is 6.65. The second-order valence-corrected chi connectivity index (χ2v) is 9.88. The van der Waals surface area contributed by atoms with Gasteiger partial charge in [0, 0.05) is 43.4 Å². The van der Waals surface area contributed by atoms with Gasteiger partial charge in [-0.15, -0.1) is 0 Å². The van der Waals surface area contributed by atoms with Crippen molar-refractivity contribution in [3.8, 4) is 17.4 Å². The van der Waals surface area contributed by atoms with E-state index in [0.29, 0.717) is 54.4 Å². The Labute approximate surface area is 220 Å². The molecular formula is C27H32N6O5. The monoisotopic (exact) mass is 520 g/mol. The van der Waals surface area contributed by atoms with Crippen LogP contribution in [-0.2, 0) is 9.53 Å². The van der Waals surface area contributed by atoms with Crippen LogP contribution in [0.4, 0.5) is 11.6 Å². The number of nitrogens with zero attached hydrogens (tertiary/aromatic N) is 4. The minimum absolute atomic E-state index is 0.0600. The number of anilines is 2. The van der Waals surface area contributed by atoms with E-state index < -0.39 is 0 Å². The van der Waals surface area contributed by atoms with Gasteiger partial charge < -0.3 is 19.5 Å². The van der Waals surface area contributed by atoms with E-state index in [1.165, 1.54) is 6.20 Å². The van der Waals surface area contributed by atoms with Gasteiger partial charge in [-0.1, -0.05) is 0 Å². The number of hydrogen-bond acceptors (Lipinski definition) is 8. The van der Waals surface area contributed by atoms with Crippen LogP contribution in [0.5, 0.6) is 17.4 Å². The molecule has 11 heteroatoms. The molecule has 0 spiro atoms. The van der Waals surface area contributed by atoms with Crippen molar-refractivity contribution >= 4 is 23.5 Å². The molecule has 3 aromatic rings. The Hall–Kier alpha value is -3.99. The van der Waals surface area contributed by atoms with Gasteiger partial charge in [-0.2, -0.15) is 5.10 Å². The molecular weight excluding hydrogens is 488 g/mol. The average Bonchev–Trinajstić information content (AvgIpc) is 3.60. The summed E-state index contributed by atoms with van der Waals surface area (Å²) in [5.41, 5.74) is 0.343. The fraction of sp³-hybridized carbons (Fsp3) is 0.444. The number of carbonyl (C=O) groups excluding carboxylic acids is 2. The van der Waals surface area contributed by atoms with E-state index >= 15 is 0 Å². The topological polar surface area (TPSA) is 132 Å². The molecule has 0 bridgehead atoms. The Balaban J connectivity index is 1.33. The van der Waals surface area contributed by atoms with Crippen LogP contribution in [0.15, 0.2) is 42.9 Å². The maximum absolute atomic E-state index is 13.3. The van der Waals surface area contributed by atoms with Crippen molar-refractivity contribution in [1.82, 2.24) is 20.2 Å². The predicted octanol–water partition coefficient (Wildman–Crippen LogP) is 4.20. The SMILES string of the molecule is CC(C)Oc1cc(Oc2cnc(N(CC3CC3)C(=O)C3CCOCC3)cn2)cc(C(=O)Nc2ccn[nH]2)c1. The average molecular weight is 521 g/mol. The number of nitrogens with one attached hydrogen (secondary N) is 2. The lowest BCUT2D eigenvalue weighted by Crippen LogP contribution is -2.40. The van der Waals surface area contributed by atoms with E-state index in [9.17, 15) is 9.59 Å². The quantitative estimate of drug-likeness (QED) is 0.407. The molecule has 1 aliphatic heterocycles. The maximum Gasteiger partial charge on any atom is 0.257 e. The molecule has 200 valence electrons. The highest BCUT2D eigenvalue weighted by atomic mass is 16.5. The minimum Gasteiger partial charge on any atom is -0.491 e. The predicted molar refractivity (Wildman–Crippen MR) is 139 cm³/mol. The molecule has 0 atom stereocenters. The fourth-order valence-corrected chi connectivity index (χ4v) is 4.26. The van der Waals surface area contributed by atoms with Gasteiger partial charge in [-0.3, -0.25) is 19.6 Å². The normalized spacial score (nSPS) is 15.8. The Morgan fingerprint density at radius 1 is 1.11 bits per heavy atom. The Morgan fingerprint density at radius 3 is 2.55 bits per heavy atom. The van der Waals surface area contributed by atoms with Crippen molar-refractivity contribution < 1.29 is 23.8 Å². The Morgan fingerprint density at radius 2 is 1.89 bits per heavy atom. The second kappa shape index (κ2) is 11.6. The molecule has 5 rings (SSSR count). The molecule has 2 N–H and O–H groups in total. The summed E-state index contributed by atoms with van der Waals surface area (Å²) in [5, 5.41) is 9.29. The number of ether oxygens (including phenoxy) is 3. The van der Waals surface area contributed by atoms with Crippen LogP contribution in [0.3, 0.4) is 0 Å². The molecule has 11 nitrogen and oxygen atoms in total. The molecule has 2 amide bonds. The van der Waals surface area contributed by atoms with Crippen molar-refractivity contribution in [3.63, 3.8) is 0 Å². The lowest BCUT2D eigenvalue weighted by Gasteiger charge is -2.28. The Bertz CT molecular complexity index is 1240. The number of hydrogen-bond donors (Lipinski definition) is 2. The zero-order valence-corrected chi connectivity index (χ0v) is 21.6. The lowest BCUT2D eigenvalue weighted by atomic mass is 9.98. The first-order valence-corrected chi connectivity index (χ1v) is 13.0. The number of aromatic nitrogens is 4. The van der Waals surface area contributed by atoms with E-state index in [2.05, 4.69) is 25.5 Å². The van der Waals surface area contributed by atoms with Gasteiger partial charge in [-0.25, -0.2) is 9.97 Å². The molecule has 2 aromatic heterocycles. The summed E-state index contributed by atoms with van der Waals surface area (Å²) in [7, 11) is 0. The lowest BCUT2D eigenvalue weighted by molar-refractivity contribution is -0.125. The number of H-pyrrole nitrogens is 1. The maximum atomic E-state index is 13.3. The van der Waals surface area contributed by atoms with Gasteiger partial charge >= 0.3 is 0 Å². The third-order valence-corrected chi connectivity index (χ3v) is 6.35. The summed E-state index contributed by atoms with van der Waals surface area (Å²) in [6.07, 6.45) is 8.20. The van der Waals surface area contributed by atoms with Crippen LogP contribution in [0.2, 0.25) is 0 Å². The summed E-state index contributed by atoms with van der Waals surface area (Å²) >= 11 is 0. The highest BCUT2D eigenvalue weighted by Crippen LogP contribution is 2.33. The van der Waals surface area contributed by atoms with Crippen LogP contribution in [0, 0.1) is 11.8 Å². The number of amides is 2. The first kappa shape index (κ1) is 25.7. The molecule has 2 fully saturated rings. The van der Waals surface area contributed by atoms with Crippen LogP contribution < -0.4 is 19.7 Å². The largest absolute Gasteiger partial charge is 0.491 e. The molecule has 38 heavy (non-hydrogen) atoms. The van der Waals surface area contributed by atoms with Gasteiger partial charge in [0.05, 0.1) is 24.7 Å². The smallest absolute Gasteiger partial charge is 0.257 e. The number of benzene rings is 1. The van der Waals surface area contributed by atoms with Crippen molar-refractivity contribution in [2.24, 2.45) is 11.8 Å². The molecule has 0 radical (unpaired) electrons. The van der Waals surface area contributed by atoms with Gasteiger partial charge in [0.25, 0.3) is 5.91 Å². The summed E-state index contributed by atoms with van der Waals surface area (Å²) in [4.78, 5) is 36.8. The third-order valence-electron chi connectivity index (χ3n) is 6.35. The molecule has 1 aliphatic carbocycles. The first-order valence-electron chi connectivity index (χ1n) is 13.0. The van der Waals surface area contributed by atoms with E-state index in [4.69, 9.17) is 14.2 Å². The zero-order chi connectivity index (χ0) is 26.5. The first-order chi connectivity index (χ1) is 18.4. The van der Waals surface area contributed by atoms with Crippen molar-refractivity contribution in [2.45, 2.75) is 45.6 Å². The van der Waals surface area contributed by atoms with Crippen LogP contribution >= 0.6 is 0 Å². The minimum atomic E-state index is -0.350. The number of carbonyl (C=O) groups is 2. The summed E-state index contributed by atoms with van der Waals surface area (Å²) < 4.78 is 17.2. The van der Waals surface area contributed by atoms with Gasteiger partial charge in [0.2, 0.25) is 11.8 Å². The second-order valence-electron chi connectivity index (χ2n) is 9.88. The molecule has 1 saturated heterocycles. The standard InChI is InChI=1S/C27H32N6O5/c1-17(2)37-21-11-20(26(34)31-23-5-8-30-32-23)12-22(13-21)38-25-15-28-24(14-29-25)33(16-18-3-4-18)27(35)19-6-9-36-10-7-19/h5,8,11-15,17-19H,3-4,6-7,9-10,16H2,1-2H3,(H2,30,31,32,34). The van der Waals surface area contributed by atoms with Gasteiger partial charge in [-0.05, 0) is 57.6 Å². The van der Waals surface area contributed by atoms with Crippen molar-refractivity contribution in [3.05, 3.63) is 48.4 Å². The zero-order valence-electron chi connectivity index (χ0n) is 21.6. The summed E-state index contributed by atoms with van der Waals surface area (Å²) in [5.74, 6) is 2.24. The summed E-state index contributed by atoms with van der Waals surface area (Å²) in [6.45, 7) is 5.66. The molecule has 2 aliphatic rings. The summed E-state index contributed by atoms with van der Waals surface area (Å²) in [6, 6.07) is 6.59.